The molecule has 4 aromatic rings. The van der Waals surface area contributed by atoms with Crippen molar-refractivity contribution in [1.82, 2.24) is 29.3 Å². The van der Waals surface area contributed by atoms with E-state index in [4.69, 9.17) is 0 Å². The van der Waals surface area contributed by atoms with Gasteiger partial charge in [0.05, 0.1) is 17.4 Å². The summed E-state index contributed by atoms with van der Waals surface area (Å²) in [6.45, 7) is 3.32. The minimum Gasteiger partial charge on any atom is -0.352 e. The van der Waals surface area contributed by atoms with Crippen LogP contribution < -0.4 is 15.8 Å². The number of hydrogen-bond acceptors (Lipinski definition) is 5. The van der Waals surface area contributed by atoms with Gasteiger partial charge >= 0.3 is 0 Å². The summed E-state index contributed by atoms with van der Waals surface area (Å²) in [4.78, 5) is 33.1. The number of benzene rings is 1. The second-order valence-electron chi connectivity index (χ2n) is 9.13. The number of nitrogens with zero attached hydrogens (tertiary/aromatic N) is 6. The zero-order chi connectivity index (χ0) is 22.7. The summed E-state index contributed by atoms with van der Waals surface area (Å²) < 4.78 is 5.05. The third-order valence-electron chi connectivity index (χ3n) is 7.19. The number of fused-ring (bicyclic) bond motifs is 1. The van der Waals surface area contributed by atoms with Crippen molar-refractivity contribution in [2.24, 2.45) is 12.5 Å². The minimum atomic E-state index is -0.307. The Bertz CT molecular complexity index is 1430. The predicted molar refractivity (Wildman–Crippen MR) is 124 cm³/mol. The van der Waals surface area contributed by atoms with Crippen molar-refractivity contribution in [3.63, 3.8) is 0 Å². The lowest BCUT2D eigenvalue weighted by molar-refractivity contribution is 0.0926. The lowest BCUT2D eigenvalue weighted by Gasteiger charge is -2.18. The van der Waals surface area contributed by atoms with Crippen LogP contribution in [0, 0.1) is 12.3 Å². The number of aromatic nitrogens is 5. The Hall–Kier alpha value is -3.88. The summed E-state index contributed by atoms with van der Waals surface area (Å²) in [6, 6.07) is 13.3. The molecule has 2 aliphatic rings. The molecule has 1 amide bonds. The molecular formula is C24H25N7O2. The van der Waals surface area contributed by atoms with Gasteiger partial charge in [0, 0.05) is 37.9 Å². The standard InChI is InChI=1S/C24H25N7O2/c1-16-21(23(33)31(28(16)2)17-6-4-3-5-7-17)22(32)26-18-14-29(15-24(18)10-11-24)20-9-8-19-25-12-13-30(19)27-20/h3-9,12-13,18H,10-11,14-15H2,1-2H3,(H,26,32)/t18-/m1/s1. The number of anilines is 1. The topological polar surface area (TPSA) is 89.5 Å². The first-order valence-corrected chi connectivity index (χ1v) is 11.2. The highest BCUT2D eigenvalue weighted by Crippen LogP contribution is 2.53. The molecule has 2 fully saturated rings. The molecule has 1 N–H and O–H groups in total. The lowest BCUT2D eigenvalue weighted by atomic mass is 10.0. The van der Waals surface area contributed by atoms with Crippen molar-refractivity contribution in [1.29, 1.82) is 0 Å². The summed E-state index contributed by atoms with van der Waals surface area (Å²) in [7, 11) is 1.80. The van der Waals surface area contributed by atoms with Crippen LogP contribution in [0.15, 0.2) is 59.7 Å². The van der Waals surface area contributed by atoms with Crippen LogP contribution in [0.4, 0.5) is 5.82 Å². The molecule has 0 radical (unpaired) electrons. The van der Waals surface area contributed by atoms with Crippen molar-refractivity contribution in [2.75, 3.05) is 18.0 Å². The van der Waals surface area contributed by atoms with E-state index in [1.54, 1.807) is 27.1 Å². The number of carbonyl (C=O) groups excluding carboxylic acids is 1. The van der Waals surface area contributed by atoms with Gasteiger partial charge in [-0.1, -0.05) is 18.2 Å². The quantitative estimate of drug-likeness (QED) is 0.521. The smallest absolute Gasteiger partial charge is 0.284 e. The summed E-state index contributed by atoms with van der Waals surface area (Å²) in [5, 5.41) is 7.87. The number of hydrogen-bond donors (Lipinski definition) is 1. The van der Waals surface area contributed by atoms with Gasteiger partial charge in [-0.05, 0) is 44.0 Å². The highest BCUT2D eigenvalue weighted by molar-refractivity contribution is 5.95. The van der Waals surface area contributed by atoms with E-state index in [0.29, 0.717) is 12.2 Å². The van der Waals surface area contributed by atoms with Crippen LogP contribution in [-0.4, -0.2) is 49.0 Å². The largest absolute Gasteiger partial charge is 0.352 e. The van der Waals surface area contributed by atoms with Gasteiger partial charge in [0.25, 0.3) is 11.5 Å². The van der Waals surface area contributed by atoms with Crippen molar-refractivity contribution in [3.8, 4) is 5.69 Å². The first-order chi connectivity index (χ1) is 16.0. The molecule has 33 heavy (non-hydrogen) atoms. The highest BCUT2D eigenvalue weighted by Gasteiger charge is 2.56. The fourth-order valence-corrected chi connectivity index (χ4v) is 5.04. The van der Waals surface area contributed by atoms with Crippen LogP contribution >= 0.6 is 0 Å². The van der Waals surface area contributed by atoms with Gasteiger partial charge in [-0.15, -0.1) is 5.10 Å². The van der Waals surface area contributed by atoms with E-state index >= 15 is 0 Å². The average Bonchev–Trinajstić information content (AvgIpc) is 3.18. The van der Waals surface area contributed by atoms with Crippen molar-refractivity contribution < 1.29 is 4.79 Å². The maximum absolute atomic E-state index is 13.4. The van der Waals surface area contributed by atoms with Crippen molar-refractivity contribution >= 4 is 17.4 Å². The second-order valence-corrected chi connectivity index (χ2v) is 9.13. The number of imidazole rings is 1. The summed E-state index contributed by atoms with van der Waals surface area (Å²) in [6.07, 6.45) is 5.68. The van der Waals surface area contributed by atoms with Gasteiger partial charge in [-0.25, -0.2) is 14.2 Å². The summed E-state index contributed by atoms with van der Waals surface area (Å²) in [5.74, 6) is 0.560. The monoisotopic (exact) mass is 443 g/mol. The Morgan fingerprint density at radius 2 is 1.94 bits per heavy atom. The second kappa shape index (κ2) is 7.06. The average molecular weight is 444 g/mol. The molecule has 9 heteroatoms. The molecule has 1 saturated carbocycles. The van der Waals surface area contributed by atoms with E-state index in [0.717, 1.165) is 36.5 Å². The Morgan fingerprint density at radius 3 is 2.70 bits per heavy atom. The first-order valence-electron chi connectivity index (χ1n) is 11.2. The van der Waals surface area contributed by atoms with Crippen LogP contribution in [-0.2, 0) is 7.05 Å². The van der Waals surface area contributed by atoms with Gasteiger partial charge in [-0.2, -0.15) is 0 Å². The number of carbonyl (C=O) groups is 1. The van der Waals surface area contributed by atoms with Crippen LogP contribution in [0.2, 0.25) is 0 Å². The maximum Gasteiger partial charge on any atom is 0.284 e. The molecule has 1 aromatic carbocycles. The van der Waals surface area contributed by atoms with E-state index in [1.165, 1.54) is 0 Å². The first kappa shape index (κ1) is 19.8. The molecule has 1 saturated heterocycles. The third-order valence-corrected chi connectivity index (χ3v) is 7.19. The van der Waals surface area contributed by atoms with Gasteiger partial charge in [0.1, 0.15) is 11.4 Å². The van der Waals surface area contributed by atoms with Gasteiger partial charge in [-0.3, -0.25) is 14.3 Å². The molecule has 9 nitrogen and oxygen atoms in total. The molecular weight excluding hydrogens is 418 g/mol. The Balaban J connectivity index is 1.27. The number of amides is 1. The lowest BCUT2D eigenvalue weighted by Crippen LogP contribution is -2.43. The van der Waals surface area contributed by atoms with E-state index in [1.807, 2.05) is 55.6 Å². The number of rotatable bonds is 4. The van der Waals surface area contributed by atoms with Gasteiger partial charge in [0.2, 0.25) is 0 Å². The number of nitrogens with one attached hydrogen (secondary N) is 1. The van der Waals surface area contributed by atoms with E-state index in [9.17, 15) is 9.59 Å². The fraction of sp³-hybridized carbons (Fsp3) is 0.333. The van der Waals surface area contributed by atoms with Crippen molar-refractivity contribution in [2.45, 2.75) is 25.8 Å². The van der Waals surface area contributed by atoms with Gasteiger partial charge < -0.3 is 10.2 Å². The Kier molecular flexibility index (Phi) is 4.23. The van der Waals surface area contributed by atoms with E-state index in [2.05, 4.69) is 20.3 Å². The Labute approximate surface area is 190 Å². The van der Waals surface area contributed by atoms with Crippen LogP contribution in [0.25, 0.3) is 11.3 Å². The maximum atomic E-state index is 13.4. The highest BCUT2D eigenvalue weighted by atomic mass is 16.2. The number of para-hydroxylation sites is 1. The van der Waals surface area contributed by atoms with Crippen LogP contribution in [0.1, 0.15) is 28.9 Å². The zero-order valence-corrected chi connectivity index (χ0v) is 18.6. The predicted octanol–water partition coefficient (Wildman–Crippen LogP) is 1.93. The van der Waals surface area contributed by atoms with Crippen molar-refractivity contribution in [3.05, 3.63) is 76.5 Å². The van der Waals surface area contributed by atoms with Crippen LogP contribution in [0.3, 0.4) is 0 Å². The van der Waals surface area contributed by atoms with E-state index in [-0.39, 0.29) is 28.5 Å². The van der Waals surface area contributed by atoms with E-state index < -0.39 is 0 Å². The molecule has 0 unspecified atom stereocenters. The molecule has 168 valence electrons. The molecule has 6 rings (SSSR count). The minimum absolute atomic E-state index is 0.0329. The van der Waals surface area contributed by atoms with Gasteiger partial charge in [0.15, 0.2) is 5.65 Å². The zero-order valence-electron chi connectivity index (χ0n) is 18.6. The molecule has 1 aliphatic heterocycles. The van der Waals surface area contributed by atoms with Crippen LogP contribution in [0.5, 0.6) is 0 Å². The molecule has 1 atom stereocenters. The fourth-order valence-electron chi connectivity index (χ4n) is 5.04. The molecule has 1 spiro atoms. The Morgan fingerprint density at radius 1 is 1.15 bits per heavy atom. The summed E-state index contributed by atoms with van der Waals surface area (Å²) in [5.41, 5.74) is 2.13. The normalized spacial score (nSPS) is 18.8. The molecule has 1 aliphatic carbocycles. The molecule has 4 heterocycles. The SMILES string of the molecule is Cc1c(C(=O)N[C@@H]2CN(c3ccc4nccn4n3)CC23CC3)c(=O)n(-c2ccccc2)n1C. The molecule has 0 bridgehead atoms. The third kappa shape index (κ3) is 3.06. The summed E-state index contributed by atoms with van der Waals surface area (Å²) >= 11 is 0. The molecule has 3 aromatic heterocycles.